The average molecular weight is 148 g/mol. The fourth-order valence-electron chi connectivity index (χ4n) is 0.217. The van der Waals surface area contributed by atoms with E-state index < -0.39 is 0 Å². The van der Waals surface area contributed by atoms with E-state index in [1.165, 1.54) is 6.20 Å². The minimum Gasteiger partial charge on any atom is -0.322 e. The fraction of sp³-hybridized carbons (Fsp3) is 0. The zero-order valence-corrected chi connectivity index (χ0v) is 4.32. The van der Waals surface area contributed by atoms with Gasteiger partial charge in [0.05, 0.1) is 12.4 Å². The molecule has 0 fully saturated rings. The van der Waals surface area contributed by atoms with Crippen molar-refractivity contribution in [3.8, 4) is 0 Å². The van der Waals surface area contributed by atoms with Gasteiger partial charge in [-0.2, -0.15) is 4.79 Å². The Labute approximate surface area is 51.1 Å². The maximum atomic E-state index is 5.02. The van der Waals surface area contributed by atoms with Crippen molar-refractivity contribution in [1.82, 2.24) is 15.1 Å². The summed E-state index contributed by atoms with van der Waals surface area (Å²) < 4.78 is 0. The van der Waals surface area contributed by atoms with Crippen LogP contribution in [0.25, 0.3) is 0 Å². The van der Waals surface area contributed by atoms with E-state index in [9.17, 15) is 0 Å². The third-order valence-corrected chi connectivity index (χ3v) is 0.441. The minimum absolute atomic E-state index is 0. The minimum atomic E-state index is 0. The molecular formula is C2H4CuN4. The van der Waals surface area contributed by atoms with Crippen molar-refractivity contribution in [2.45, 2.75) is 0 Å². The van der Waals surface area contributed by atoms with Gasteiger partial charge in [-0.1, -0.05) is 0 Å². The van der Waals surface area contributed by atoms with E-state index in [4.69, 9.17) is 5.84 Å². The number of nitrogens with two attached hydrogens (primary N) is 1. The molecule has 0 amide bonds. The standard InChI is InChI=1S/C2H4N4.Cu/c3-6-2-1-4-5-6;/h1-2H,3H2;. The zero-order chi connectivity index (χ0) is 4.41. The summed E-state index contributed by atoms with van der Waals surface area (Å²) >= 11 is 0. The molecular weight excluding hydrogens is 144 g/mol. The number of hydrogen-bond acceptors (Lipinski definition) is 3. The molecule has 4 nitrogen and oxygen atoms in total. The Morgan fingerprint density at radius 3 is 2.43 bits per heavy atom. The predicted octanol–water partition coefficient (Wildman–Crippen LogP) is -1.01. The summed E-state index contributed by atoms with van der Waals surface area (Å²) in [5.41, 5.74) is 0. The Morgan fingerprint density at radius 2 is 2.29 bits per heavy atom. The van der Waals surface area contributed by atoms with Crippen molar-refractivity contribution < 1.29 is 17.1 Å². The second-order valence-electron chi connectivity index (χ2n) is 0.883. The second-order valence-corrected chi connectivity index (χ2v) is 0.883. The molecule has 1 aromatic rings. The molecule has 0 bridgehead atoms. The summed E-state index contributed by atoms with van der Waals surface area (Å²) in [5.74, 6) is 5.02. The van der Waals surface area contributed by atoms with Crippen LogP contribution in [-0.4, -0.2) is 15.1 Å². The molecule has 0 aliphatic heterocycles. The molecule has 1 rings (SSSR count). The molecule has 0 aliphatic carbocycles. The van der Waals surface area contributed by atoms with Crippen LogP contribution in [0.4, 0.5) is 0 Å². The fourth-order valence-corrected chi connectivity index (χ4v) is 0.217. The normalized spacial score (nSPS) is 7.43. The predicted molar refractivity (Wildman–Crippen MR) is 20.2 cm³/mol. The molecule has 1 radical (unpaired) electrons. The van der Waals surface area contributed by atoms with E-state index in [1.807, 2.05) is 0 Å². The van der Waals surface area contributed by atoms with Crippen molar-refractivity contribution in [3.63, 3.8) is 0 Å². The average Bonchev–Trinajstić information content (AvgIpc) is 1.86. The van der Waals surface area contributed by atoms with Crippen molar-refractivity contribution >= 4 is 0 Å². The maximum absolute atomic E-state index is 5.02. The molecule has 0 atom stereocenters. The van der Waals surface area contributed by atoms with Crippen LogP contribution in [0, 0.1) is 0 Å². The van der Waals surface area contributed by atoms with Gasteiger partial charge in [-0.25, -0.2) is 0 Å². The quantitative estimate of drug-likeness (QED) is 0.378. The maximum Gasteiger partial charge on any atom is 0.0715 e. The van der Waals surface area contributed by atoms with Gasteiger partial charge >= 0.3 is 0 Å². The number of rotatable bonds is 0. The Bertz CT molecular complexity index is 113. The Kier molecular flexibility index (Phi) is 2.40. The Balaban J connectivity index is 0.000000360. The SMILES string of the molecule is Nn1ccnn1.[Cu]. The molecule has 43 valence electrons. The summed E-state index contributed by atoms with van der Waals surface area (Å²) in [6.07, 6.45) is 3.07. The first-order valence-corrected chi connectivity index (χ1v) is 1.51. The third kappa shape index (κ3) is 1.57. The smallest absolute Gasteiger partial charge is 0.0715 e. The first-order valence-electron chi connectivity index (χ1n) is 1.51. The molecule has 5 heteroatoms. The summed E-state index contributed by atoms with van der Waals surface area (Å²) in [7, 11) is 0. The molecule has 7 heavy (non-hydrogen) atoms. The second kappa shape index (κ2) is 2.60. The molecule has 1 aromatic heterocycles. The molecule has 0 unspecified atom stereocenters. The zero-order valence-electron chi connectivity index (χ0n) is 3.38. The number of nitrogens with zero attached hydrogens (tertiary/aromatic N) is 3. The number of aromatic nitrogens is 3. The molecule has 0 aliphatic rings. The molecule has 1 heterocycles. The Hall–Kier alpha value is -0.541. The van der Waals surface area contributed by atoms with Crippen LogP contribution in [0.1, 0.15) is 0 Å². The molecule has 0 saturated carbocycles. The van der Waals surface area contributed by atoms with Crippen LogP contribution < -0.4 is 5.84 Å². The van der Waals surface area contributed by atoms with Crippen LogP contribution in [0.15, 0.2) is 12.4 Å². The first-order chi connectivity index (χ1) is 2.89. The summed E-state index contributed by atoms with van der Waals surface area (Å²) in [5, 5.41) is 6.77. The molecule has 0 saturated heterocycles. The van der Waals surface area contributed by atoms with E-state index in [0.29, 0.717) is 0 Å². The van der Waals surface area contributed by atoms with Crippen molar-refractivity contribution in [2.75, 3.05) is 5.84 Å². The van der Waals surface area contributed by atoms with Gasteiger partial charge in [0.15, 0.2) is 0 Å². The molecule has 0 spiro atoms. The van der Waals surface area contributed by atoms with Crippen LogP contribution >= 0.6 is 0 Å². The first kappa shape index (κ1) is 6.46. The van der Waals surface area contributed by atoms with Gasteiger partial charge in [0.25, 0.3) is 0 Å². The van der Waals surface area contributed by atoms with E-state index in [-0.39, 0.29) is 17.1 Å². The van der Waals surface area contributed by atoms with Crippen LogP contribution in [0.5, 0.6) is 0 Å². The van der Waals surface area contributed by atoms with Gasteiger partial charge in [-0.3, -0.25) is 0 Å². The van der Waals surface area contributed by atoms with Gasteiger partial charge in [0.1, 0.15) is 0 Å². The summed E-state index contributed by atoms with van der Waals surface area (Å²) in [6.45, 7) is 0. The van der Waals surface area contributed by atoms with Gasteiger partial charge in [0, 0.05) is 17.1 Å². The van der Waals surface area contributed by atoms with E-state index in [1.54, 1.807) is 6.20 Å². The van der Waals surface area contributed by atoms with E-state index in [2.05, 4.69) is 10.3 Å². The van der Waals surface area contributed by atoms with Gasteiger partial charge in [0.2, 0.25) is 0 Å². The van der Waals surface area contributed by atoms with Crippen LogP contribution in [0.2, 0.25) is 0 Å². The van der Waals surface area contributed by atoms with Crippen LogP contribution in [-0.2, 0) is 17.1 Å². The number of nitrogen functional groups attached to an aromatic ring is 1. The number of hydrogen-bond donors (Lipinski definition) is 1. The van der Waals surface area contributed by atoms with Gasteiger partial charge in [-0.15, -0.1) is 5.10 Å². The Morgan fingerprint density at radius 1 is 1.57 bits per heavy atom. The third-order valence-electron chi connectivity index (χ3n) is 0.441. The topological polar surface area (TPSA) is 56.7 Å². The van der Waals surface area contributed by atoms with Gasteiger partial charge < -0.3 is 5.84 Å². The van der Waals surface area contributed by atoms with Crippen molar-refractivity contribution in [1.29, 1.82) is 0 Å². The van der Waals surface area contributed by atoms with Crippen molar-refractivity contribution in [2.24, 2.45) is 0 Å². The van der Waals surface area contributed by atoms with Gasteiger partial charge in [-0.05, 0) is 5.21 Å². The monoisotopic (exact) mass is 147 g/mol. The van der Waals surface area contributed by atoms with Crippen LogP contribution in [0.3, 0.4) is 0 Å². The molecule has 2 N–H and O–H groups in total. The van der Waals surface area contributed by atoms with Crippen molar-refractivity contribution in [3.05, 3.63) is 12.4 Å². The van der Waals surface area contributed by atoms with E-state index >= 15 is 0 Å². The largest absolute Gasteiger partial charge is 0.322 e. The summed E-state index contributed by atoms with van der Waals surface area (Å²) in [6, 6.07) is 0. The molecule has 0 aromatic carbocycles. The summed E-state index contributed by atoms with van der Waals surface area (Å²) in [4.78, 5) is 1.14. The van der Waals surface area contributed by atoms with E-state index in [0.717, 1.165) is 4.79 Å².